The van der Waals surface area contributed by atoms with Gasteiger partial charge >= 0.3 is 0 Å². The zero-order valence-electron chi connectivity index (χ0n) is 14.5. The van der Waals surface area contributed by atoms with Crippen LogP contribution in [0.5, 0.6) is 0 Å². The second-order valence-corrected chi connectivity index (χ2v) is 5.90. The van der Waals surface area contributed by atoms with Crippen molar-refractivity contribution in [3.05, 3.63) is 53.3 Å². The van der Waals surface area contributed by atoms with E-state index in [1.54, 1.807) is 22.6 Å². The van der Waals surface area contributed by atoms with Gasteiger partial charge in [0.25, 0.3) is 5.91 Å². The molecule has 25 heavy (non-hydrogen) atoms. The van der Waals surface area contributed by atoms with Crippen LogP contribution in [0.2, 0.25) is 0 Å². The number of aryl methyl sites for hydroxylation is 2. The van der Waals surface area contributed by atoms with E-state index in [1.165, 1.54) is 0 Å². The molecule has 1 amide bonds. The summed E-state index contributed by atoms with van der Waals surface area (Å²) < 4.78 is 3.25. The van der Waals surface area contributed by atoms with Crippen molar-refractivity contribution in [2.24, 2.45) is 7.05 Å². The highest BCUT2D eigenvalue weighted by Crippen LogP contribution is 2.25. The summed E-state index contributed by atoms with van der Waals surface area (Å²) in [5.74, 6) is 0.293. The number of nitrogens with zero attached hydrogens (tertiary/aromatic N) is 4. The summed E-state index contributed by atoms with van der Waals surface area (Å²) in [7, 11) is 1.79. The number of anilines is 1. The van der Waals surface area contributed by atoms with E-state index in [2.05, 4.69) is 15.5 Å². The maximum Gasteiger partial charge on any atom is 0.260 e. The minimum Gasteiger partial charge on any atom is -0.394 e. The van der Waals surface area contributed by atoms with Gasteiger partial charge in [0.1, 0.15) is 5.82 Å². The topological polar surface area (TPSA) is 85.0 Å². The van der Waals surface area contributed by atoms with E-state index in [-0.39, 0.29) is 12.5 Å². The van der Waals surface area contributed by atoms with Crippen molar-refractivity contribution < 1.29 is 9.90 Å². The van der Waals surface area contributed by atoms with Gasteiger partial charge in [-0.15, -0.1) is 0 Å². The average Bonchev–Trinajstić information content (AvgIpc) is 3.13. The number of carbonyl (C=O) groups is 1. The maximum atomic E-state index is 12.5. The molecule has 3 rings (SSSR count). The number of amides is 1. The summed E-state index contributed by atoms with van der Waals surface area (Å²) in [6.07, 6.45) is 1.54. The number of aliphatic hydroxyl groups is 1. The number of hydrogen-bond acceptors (Lipinski definition) is 4. The van der Waals surface area contributed by atoms with Crippen molar-refractivity contribution in [1.29, 1.82) is 0 Å². The molecule has 0 saturated carbocycles. The third-order valence-electron chi connectivity index (χ3n) is 4.23. The molecule has 3 aromatic rings. The highest BCUT2D eigenvalue weighted by molar-refractivity contribution is 6.04. The lowest BCUT2D eigenvalue weighted by atomic mass is 10.1. The number of nitrogens with one attached hydrogen (secondary N) is 1. The second-order valence-electron chi connectivity index (χ2n) is 5.90. The molecule has 1 aromatic carbocycles. The van der Waals surface area contributed by atoms with Gasteiger partial charge in [-0.2, -0.15) is 10.2 Å². The van der Waals surface area contributed by atoms with E-state index in [0.717, 1.165) is 22.5 Å². The van der Waals surface area contributed by atoms with E-state index in [1.807, 2.05) is 44.2 Å². The van der Waals surface area contributed by atoms with Crippen LogP contribution in [0.3, 0.4) is 0 Å². The van der Waals surface area contributed by atoms with E-state index < -0.39 is 0 Å². The molecular formula is C18H21N5O2. The fraction of sp³-hybridized carbons (Fsp3) is 0.278. The fourth-order valence-corrected chi connectivity index (χ4v) is 2.68. The number of rotatable bonds is 5. The number of aromatic nitrogens is 4. The van der Waals surface area contributed by atoms with E-state index in [9.17, 15) is 9.90 Å². The quantitative estimate of drug-likeness (QED) is 0.746. The van der Waals surface area contributed by atoms with Crippen molar-refractivity contribution in [2.75, 3.05) is 11.9 Å². The number of carbonyl (C=O) groups excluding carboxylic acids is 1. The van der Waals surface area contributed by atoms with Crippen LogP contribution in [0.1, 0.15) is 21.6 Å². The molecular weight excluding hydrogens is 318 g/mol. The smallest absolute Gasteiger partial charge is 0.260 e. The summed E-state index contributed by atoms with van der Waals surface area (Å²) >= 11 is 0. The van der Waals surface area contributed by atoms with Gasteiger partial charge in [-0.05, 0) is 19.4 Å². The van der Waals surface area contributed by atoms with Crippen LogP contribution in [0.15, 0.2) is 36.5 Å². The molecule has 0 fully saturated rings. The van der Waals surface area contributed by atoms with Crippen molar-refractivity contribution in [2.45, 2.75) is 20.4 Å². The highest BCUT2D eigenvalue weighted by Gasteiger charge is 2.17. The Morgan fingerprint density at radius 3 is 2.68 bits per heavy atom. The summed E-state index contributed by atoms with van der Waals surface area (Å²) in [6, 6.07) is 9.74. The highest BCUT2D eigenvalue weighted by atomic mass is 16.3. The molecule has 0 aliphatic heterocycles. The third kappa shape index (κ3) is 3.32. The first-order valence-corrected chi connectivity index (χ1v) is 8.06. The molecule has 2 N–H and O–H groups in total. The summed E-state index contributed by atoms with van der Waals surface area (Å²) in [6.45, 7) is 4.08. The van der Waals surface area contributed by atoms with Gasteiger partial charge in [-0.1, -0.05) is 24.3 Å². The normalized spacial score (nSPS) is 10.9. The summed E-state index contributed by atoms with van der Waals surface area (Å²) in [4.78, 5) is 12.5. The Morgan fingerprint density at radius 2 is 2.04 bits per heavy atom. The van der Waals surface area contributed by atoms with Crippen LogP contribution < -0.4 is 5.32 Å². The molecule has 0 aliphatic rings. The minimum absolute atomic E-state index is 0.0658. The first-order chi connectivity index (χ1) is 12.0. The van der Waals surface area contributed by atoms with Crippen LogP contribution in [-0.4, -0.2) is 37.2 Å². The molecule has 0 aliphatic carbocycles. The van der Waals surface area contributed by atoms with Gasteiger partial charge in [0.15, 0.2) is 0 Å². The predicted octanol–water partition coefficient (Wildman–Crippen LogP) is 2.15. The Hall–Kier alpha value is -2.93. The third-order valence-corrected chi connectivity index (χ3v) is 4.23. The van der Waals surface area contributed by atoms with Crippen LogP contribution >= 0.6 is 0 Å². The molecule has 0 unspecified atom stereocenters. The van der Waals surface area contributed by atoms with E-state index in [4.69, 9.17) is 0 Å². The van der Waals surface area contributed by atoms with E-state index in [0.29, 0.717) is 17.9 Å². The number of hydrogen-bond donors (Lipinski definition) is 2. The zero-order valence-corrected chi connectivity index (χ0v) is 14.5. The fourth-order valence-electron chi connectivity index (χ4n) is 2.68. The van der Waals surface area contributed by atoms with Gasteiger partial charge in [0.2, 0.25) is 0 Å². The molecule has 0 saturated heterocycles. The lowest BCUT2D eigenvalue weighted by Crippen LogP contribution is -2.17. The molecule has 0 atom stereocenters. The standard InChI is InChI=1S/C18H21N5O2/c1-12-6-4-5-7-14(12)16-10-17(23(21-16)8-9-24)20-18(25)15-11-19-22(3)13(15)2/h4-7,10-11,24H,8-9H2,1-3H3,(H,20,25). The Balaban J connectivity index is 1.94. The van der Waals surface area contributed by atoms with Gasteiger partial charge in [0.05, 0.1) is 30.6 Å². The number of aliphatic hydroxyl groups excluding tert-OH is 1. The van der Waals surface area contributed by atoms with Crippen LogP contribution in [-0.2, 0) is 13.6 Å². The molecule has 7 heteroatoms. The first kappa shape index (κ1) is 16.9. The van der Waals surface area contributed by atoms with Crippen LogP contribution in [0.4, 0.5) is 5.82 Å². The van der Waals surface area contributed by atoms with Crippen molar-refractivity contribution >= 4 is 11.7 Å². The van der Waals surface area contributed by atoms with Crippen molar-refractivity contribution in [3.8, 4) is 11.3 Å². The first-order valence-electron chi connectivity index (χ1n) is 8.06. The molecule has 0 radical (unpaired) electrons. The second kappa shape index (κ2) is 6.90. The monoisotopic (exact) mass is 339 g/mol. The van der Waals surface area contributed by atoms with Crippen LogP contribution in [0, 0.1) is 13.8 Å². The van der Waals surface area contributed by atoms with Gasteiger partial charge < -0.3 is 10.4 Å². The van der Waals surface area contributed by atoms with Crippen LogP contribution in [0.25, 0.3) is 11.3 Å². The largest absolute Gasteiger partial charge is 0.394 e. The van der Waals surface area contributed by atoms with Crippen molar-refractivity contribution in [3.63, 3.8) is 0 Å². The summed E-state index contributed by atoms with van der Waals surface area (Å²) in [5.41, 5.74) is 4.13. The molecule has 2 aromatic heterocycles. The lowest BCUT2D eigenvalue weighted by molar-refractivity contribution is 0.102. The average molecular weight is 339 g/mol. The molecule has 130 valence electrons. The minimum atomic E-state index is -0.249. The molecule has 7 nitrogen and oxygen atoms in total. The zero-order chi connectivity index (χ0) is 18.0. The molecule has 2 heterocycles. The maximum absolute atomic E-state index is 12.5. The van der Waals surface area contributed by atoms with Gasteiger partial charge in [0, 0.05) is 24.4 Å². The Kier molecular flexibility index (Phi) is 4.67. The van der Waals surface area contributed by atoms with Crippen molar-refractivity contribution in [1.82, 2.24) is 19.6 Å². The Labute approximate surface area is 145 Å². The number of benzene rings is 1. The summed E-state index contributed by atoms with van der Waals surface area (Å²) in [5, 5.41) is 20.8. The lowest BCUT2D eigenvalue weighted by Gasteiger charge is -2.07. The van der Waals surface area contributed by atoms with Gasteiger partial charge in [-0.3, -0.25) is 9.48 Å². The van der Waals surface area contributed by atoms with E-state index >= 15 is 0 Å². The Morgan fingerprint density at radius 1 is 1.28 bits per heavy atom. The predicted molar refractivity (Wildman–Crippen MR) is 95.4 cm³/mol. The Bertz CT molecular complexity index is 910. The molecule has 0 spiro atoms. The van der Waals surface area contributed by atoms with Gasteiger partial charge in [-0.25, -0.2) is 4.68 Å². The SMILES string of the molecule is Cc1ccccc1-c1cc(NC(=O)c2cnn(C)c2C)n(CCO)n1. The molecule has 0 bridgehead atoms.